The van der Waals surface area contributed by atoms with E-state index in [1.165, 1.54) is 0 Å². The number of rotatable bonds is 6. The Morgan fingerprint density at radius 3 is 2.82 bits per heavy atom. The molecule has 0 saturated carbocycles. The summed E-state index contributed by atoms with van der Waals surface area (Å²) >= 11 is 0. The SMILES string of the molecule is CCc1nn(C[C@H](C)Cc2c(C#N)cccc2C(=O)O)c2c1C(=O)NCC1(CCOCC1)C2. The van der Waals surface area contributed by atoms with E-state index in [0.717, 1.165) is 30.7 Å². The summed E-state index contributed by atoms with van der Waals surface area (Å²) in [5, 5.41) is 27.0. The van der Waals surface area contributed by atoms with Crippen LogP contribution in [0.5, 0.6) is 0 Å². The maximum absolute atomic E-state index is 13.0. The largest absolute Gasteiger partial charge is 0.478 e. The molecule has 0 unspecified atom stereocenters. The second-order valence-electron chi connectivity index (χ2n) is 9.33. The van der Waals surface area contributed by atoms with E-state index in [-0.39, 0.29) is 22.8 Å². The summed E-state index contributed by atoms with van der Waals surface area (Å²) in [6, 6.07) is 6.92. The molecule has 4 rings (SSSR count). The molecule has 1 aromatic carbocycles. The van der Waals surface area contributed by atoms with Crippen LogP contribution in [0.4, 0.5) is 0 Å². The Kier molecular flexibility index (Phi) is 6.52. The van der Waals surface area contributed by atoms with Gasteiger partial charge in [0, 0.05) is 26.3 Å². The predicted octanol–water partition coefficient (Wildman–Crippen LogP) is 2.98. The van der Waals surface area contributed by atoms with E-state index in [1.54, 1.807) is 18.2 Å². The van der Waals surface area contributed by atoms with Gasteiger partial charge in [0.05, 0.1) is 34.1 Å². The Labute approximate surface area is 193 Å². The number of amides is 1. The fraction of sp³-hybridized carbons (Fsp3) is 0.520. The number of fused-ring (bicyclic) bond motifs is 1. The number of aromatic carboxylic acids is 1. The van der Waals surface area contributed by atoms with Gasteiger partial charge in [0.15, 0.2) is 0 Å². The van der Waals surface area contributed by atoms with Crippen LogP contribution in [0.3, 0.4) is 0 Å². The van der Waals surface area contributed by atoms with Gasteiger partial charge in [0.1, 0.15) is 0 Å². The van der Waals surface area contributed by atoms with Crippen LogP contribution in [0, 0.1) is 22.7 Å². The molecular weight excluding hydrogens is 420 g/mol. The van der Waals surface area contributed by atoms with E-state index in [2.05, 4.69) is 11.4 Å². The molecule has 8 heteroatoms. The van der Waals surface area contributed by atoms with E-state index < -0.39 is 5.97 Å². The molecule has 0 bridgehead atoms. The first-order valence-electron chi connectivity index (χ1n) is 11.6. The van der Waals surface area contributed by atoms with E-state index >= 15 is 0 Å². The number of benzene rings is 1. The third-order valence-corrected chi connectivity index (χ3v) is 6.98. The molecule has 2 aromatic rings. The number of carboxylic acids is 1. The van der Waals surface area contributed by atoms with Crippen LogP contribution in [-0.2, 0) is 30.5 Å². The van der Waals surface area contributed by atoms with Crippen molar-refractivity contribution in [1.82, 2.24) is 15.1 Å². The average molecular weight is 451 g/mol. The van der Waals surface area contributed by atoms with Gasteiger partial charge in [-0.2, -0.15) is 10.4 Å². The first-order valence-corrected chi connectivity index (χ1v) is 11.6. The molecule has 0 aliphatic carbocycles. The second-order valence-corrected chi connectivity index (χ2v) is 9.33. The summed E-state index contributed by atoms with van der Waals surface area (Å²) in [4.78, 5) is 24.7. The van der Waals surface area contributed by atoms with Crippen molar-refractivity contribution >= 4 is 11.9 Å². The topological polar surface area (TPSA) is 117 Å². The van der Waals surface area contributed by atoms with Crippen molar-refractivity contribution in [3.63, 3.8) is 0 Å². The lowest BCUT2D eigenvalue weighted by Crippen LogP contribution is -2.40. The number of aryl methyl sites for hydroxylation is 1. The summed E-state index contributed by atoms with van der Waals surface area (Å²) in [7, 11) is 0. The number of hydrogen-bond acceptors (Lipinski definition) is 5. The lowest BCUT2D eigenvalue weighted by atomic mass is 9.76. The number of nitrogens with zero attached hydrogens (tertiary/aromatic N) is 3. The second kappa shape index (κ2) is 9.36. The quantitative estimate of drug-likeness (QED) is 0.699. The van der Waals surface area contributed by atoms with Crippen LogP contribution < -0.4 is 5.32 Å². The third-order valence-electron chi connectivity index (χ3n) is 6.98. The van der Waals surface area contributed by atoms with Gasteiger partial charge in [-0.3, -0.25) is 9.48 Å². The smallest absolute Gasteiger partial charge is 0.336 e. The summed E-state index contributed by atoms with van der Waals surface area (Å²) in [6.07, 6.45) is 3.65. The van der Waals surface area contributed by atoms with Gasteiger partial charge in [0.25, 0.3) is 5.91 Å². The van der Waals surface area contributed by atoms with Gasteiger partial charge in [-0.1, -0.05) is 19.9 Å². The predicted molar refractivity (Wildman–Crippen MR) is 121 cm³/mol. The van der Waals surface area contributed by atoms with Gasteiger partial charge in [0.2, 0.25) is 0 Å². The summed E-state index contributed by atoms with van der Waals surface area (Å²) in [6.45, 7) is 6.60. The molecular formula is C25H30N4O4. The molecule has 1 aromatic heterocycles. The zero-order valence-electron chi connectivity index (χ0n) is 19.2. The molecule has 2 N–H and O–H groups in total. The van der Waals surface area contributed by atoms with Crippen molar-refractivity contribution in [3.05, 3.63) is 51.8 Å². The van der Waals surface area contributed by atoms with Gasteiger partial charge in [-0.05, 0) is 61.1 Å². The highest BCUT2D eigenvalue weighted by atomic mass is 16.5. The Morgan fingerprint density at radius 2 is 2.15 bits per heavy atom. The summed E-state index contributed by atoms with van der Waals surface area (Å²) < 4.78 is 7.54. The first-order chi connectivity index (χ1) is 15.9. The van der Waals surface area contributed by atoms with Crippen molar-refractivity contribution in [2.24, 2.45) is 11.3 Å². The molecule has 33 heavy (non-hydrogen) atoms. The monoisotopic (exact) mass is 450 g/mol. The van der Waals surface area contributed by atoms with Crippen LogP contribution in [0.15, 0.2) is 18.2 Å². The average Bonchev–Trinajstić information content (AvgIpc) is 3.07. The third kappa shape index (κ3) is 4.51. The van der Waals surface area contributed by atoms with Crippen LogP contribution >= 0.6 is 0 Å². The minimum Gasteiger partial charge on any atom is -0.478 e. The van der Waals surface area contributed by atoms with Gasteiger partial charge >= 0.3 is 5.97 Å². The van der Waals surface area contributed by atoms with Crippen molar-refractivity contribution in [2.75, 3.05) is 19.8 Å². The number of aromatic nitrogens is 2. The number of carboxylic acid groups (broad SMARTS) is 1. The fourth-order valence-corrected chi connectivity index (χ4v) is 5.14. The molecule has 0 radical (unpaired) electrons. The highest BCUT2D eigenvalue weighted by Gasteiger charge is 2.39. The van der Waals surface area contributed by atoms with Crippen LogP contribution in [0.2, 0.25) is 0 Å². The van der Waals surface area contributed by atoms with E-state index in [4.69, 9.17) is 9.84 Å². The van der Waals surface area contributed by atoms with Crippen molar-refractivity contribution in [3.8, 4) is 6.07 Å². The van der Waals surface area contributed by atoms with Crippen LogP contribution in [0.25, 0.3) is 0 Å². The Morgan fingerprint density at radius 1 is 1.39 bits per heavy atom. The molecule has 8 nitrogen and oxygen atoms in total. The minimum absolute atomic E-state index is 0.0169. The number of carbonyl (C=O) groups is 2. The molecule has 2 aliphatic rings. The molecule has 1 fully saturated rings. The standard InChI is InChI=1S/C25H30N4O4/c1-3-20-22-21(12-25(15-27-23(22)30)7-9-33-10-8-25)29(28-20)14-16(2)11-19-17(13-26)5-4-6-18(19)24(31)32/h4-6,16H,3,7-12,14-15H2,1-2H3,(H,27,30)(H,31,32)/t16-/m1/s1. The number of hydrogen-bond donors (Lipinski definition) is 2. The molecule has 1 spiro atoms. The number of carbonyl (C=O) groups excluding carboxylic acids is 1. The normalized spacial score (nSPS) is 18.2. The molecule has 1 atom stereocenters. The Hall–Kier alpha value is -3.18. The van der Waals surface area contributed by atoms with Crippen molar-refractivity contribution in [2.45, 2.75) is 52.5 Å². The van der Waals surface area contributed by atoms with Crippen molar-refractivity contribution in [1.29, 1.82) is 5.26 Å². The molecule has 1 saturated heterocycles. The maximum Gasteiger partial charge on any atom is 0.336 e. The first kappa shape index (κ1) is 23.0. The number of ether oxygens (including phenoxy) is 1. The van der Waals surface area contributed by atoms with Gasteiger partial charge in [-0.15, -0.1) is 0 Å². The minimum atomic E-state index is -1.03. The Bertz CT molecular complexity index is 1110. The number of nitriles is 1. The van der Waals surface area contributed by atoms with Crippen LogP contribution in [0.1, 0.15) is 69.9 Å². The lowest BCUT2D eigenvalue weighted by Gasteiger charge is -2.36. The molecule has 1 amide bonds. The molecule has 174 valence electrons. The summed E-state index contributed by atoms with van der Waals surface area (Å²) in [5.41, 5.74) is 3.51. The summed E-state index contributed by atoms with van der Waals surface area (Å²) in [5.74, 6) is -1.08. The zero-order valence-corrected chi connectivity index (χ0v) is 19.2. The van der Waals surface area contributed by atoms with E-state index in [9.17, 15) is 20.0 Å². The highest BCUT2D eigenvalue weighted by Crippen LogP contribution is 2.37. The fourth-order valence-electron chi connectivity index (χ4n) is 5.14. The van der Waals surface area contributed by atoms with Gasteiger partial charge < -0.3 is 15.2 Å². The van der Waals surface area contributed by atoms with E-state index in [0.29, 0.717) is 55.8 Å². The number of nitrogens with one attached hydrogen (secondary N) is 1. The lowest BCUT2D eigenvalue weighted by molar-refractivity contribution is 0.0152. The van der Waals surface area contributed by atoms with Crippen LogP contribution in [-0.4, -0.2) is 46.5 Å². The maximum atomic E-state index is 13.0. The molecule has 2 aliphatic heterocycles. The highest BCUT2D eigenvalue weighted by molar-refractivity contribution is 5.97. The molecule has 3 heterocycles. The zero-order chi connectivity index (χ0) is 23.6. The van der Waals surface area contributed by atoms with Gasteiger partial charge in [-0.25, -0.2) is 4.79 Å². The van der Waals surface area contributed by atoms with Crippen molar-refractivity contribution < 1.29 is 19.4 Å². The Balaban J connectivity index is 1.66. The van der Waals surface area contributed by atoms with E-state index in [1.807, 2.05) is 18.5 Å².